The van der Waals surface area contributed by atoms with Gasteiger partial charge in [0, 0.05) is 12.3 Å². The van der Waals surface area contributed by atoms with Gasteiger partial charge in [0.2, 0.25) is 5.82 Å². The molecular formula is C12H9N3O4. The molecule has 0 aliphatic heterocycles. The molecule has 0 saturated carbocycles. The fraction of sp³-hybridized carbons (Fsp3) is 0.0833. The quantitative estimate of drug-likeness (QED) is 0.667. The minimum Gasteiger partial charge on any atom is -0.475 e. The monoisotopic (exact) mass is 259 g/mol. The standard InChI is InChI=1S/C12H9N3O4/c1-7-6-13-11(12(16)17)14-10(7)8-4-2-3-5-9(8)15(18)19/h2-6H,1H3,(H,16,17). The van der Waals surface area contributed by atoms with Crippen molar-refractivity contribution in [1.82, 2.24) is 9.97 Å². The third-order valence-corrected chi connectivity index (χ3v) is 2.52. The van der Waals surface area contributed by atoms with E-state index in [2.05, 4.69) is 9.97 Å². The molecule has 0 aliphatic rings. The Morgan fingerprint density at radius 2 is 2.05 bits per heavy atom. The molecule has 2 aromatic rings. The second-order valence-electron chi connectivity index (χ2n) is 3.80. The van der Waals surface area contributed by atoms with Crippen molar-refractivity contribution < 1.29 is 14.8 Å². The van der Waals surface area contributed by atoms with E-state index in [0.29, 0.717) is 5.56 Å². The third kappa shape index (κ3) is 2.39. The highest BCUT2D eigenvalue weighted by atomic mass is 16.6. The molecule has 0 bridgehead atoms. The molecule has 0 saturated heterocycles. The molecule has 96 valence electrons. The van der Waals surface area contributed by atoms with Crippen LogP contribution in [0.15, 0.2) is 30.5 Å². The molecule has 7 heteroatoms. The molecule has 19 heavy (non-hydrogen) atoms. The van der Waals surface area contributed by atoms with Crippen molar-refractivity contribution in [3.05, 3.63) is 52.0 Å². The van der Waals surface area contributed by atoms with Gasteiger partial charge >= 0.3 is 5.97 Å². The Kier molecular flexibility index (Phi) is 3.19. The van der Waals surface area contributed by atoms with Gasteiger partial charge in [0.05, 0.1) is 16.2 Å². The fourth-order valence-electron chi connectivity index (χ4n) is 1.65. The zero-order valence-electron chi connectivity index (χ0n) is 9.90. The van der Waals surface area contributed by atoms with Gasteiger partial charge in [0.15, 0.2) is 0 Å². The van der Waals surface area contributed by atoms with Crippen molar-refractivity contribution in [1.29, 1.82) is 0 Å². The molecule has 1 N–H and O–H groups in total. The average Bonchev–Trinajstić information content (AvgIpc) is 2.39. The Hall–Kier alpha value is -2.83. The van der Waals surface area contributed by atoms with E-state index >= 15 is 0 Å². The summed E-state index contributed by atoms with van der Waals surface area (Å²) in [6, 6.07) is 6.04. The number of aryl methyl sites for hydroxylation is 1. The molecule has 7 nitrogen and oxygen atoms in total. The van der Waals surface area contributed by atoms with E-state index in [1.165, 1.54) is 24.4 Å². The molecule has 0 amide bonds. The summed E-state index contributed by atoms with van der Waals surface area (Å²) in [4.78, 5) is 28.8. The minimum atomic E-state index is -1.28. The highest BCUT2D eigenvalue weighted by molar-refractivity contribution is 5.84. The number of aromatic carboxylic acids is 1. The highest BCUT2D eigenvalue weighted by Crippen LogP contribution is 2.29. The van der Waals surface area contributed by atoms with Gasteiger partial charge in [-0.1, -0.05) is 12.1 Å². The van der Waals surface area contributed by atoms with Crippen molar-refractivity contribution in [3.8, 4) is 11.3 Å². The first-order valence-electron chi connectivity index (χ1n) is 5.31. The smallest absolute Gasteiger partial charge is 0.373 e. The first kappa shape index (κ1) is 12.6. The fourth-order valence-corrected chi connectivity index (χ4v) is 1.65. The van der Waals surface area contributed by atoms with E-state index in [1.54, 1.807) is 13.0 Å². The first-order valence-corrected chi connectivity index (χ1v) is 5.31. The summed E-state index contributed by atoms with van der Waals surface area (Å²) in [6.45, 7) is 1.66. The molecule has 1 aromatic heterocycles. The Morgan fingerprint density at radius 3 is 2.68 bits per heavy atom. The number of hydrogen-bond acceptors (Lipinski definition) is 5. The van der Waals surface area contributed by atoms with Crippen LogP contribution in [0.2, 0.25) is 0 Å². The maximum atomic E-state index is 11.0. The normalized spacial score (nSPS) is 10.2. The van der Waals surface area contributed by atoms with Gasteiger partial charge in [-0.25, -0.2) is 14.8 Å². The van der Waals surface area contributed by atoms with Crippen LogP contribution in [-0.4, -0.2) is 26.0 Å². The van der Waals surface area contributed by atoms with Crippen molar-refractivity contribution in [2.45, 2.75) is 6.92 Å². The molecule has 0 atom stereocenters. The van der Waals surface area contributed by atoms with Crippen LogP contribution in [0, 0.1) is 17.0 Å². The number of rotatable bonds is 3. The van der Waals surface area contributed by atoms with Gasteiger partial charge in [0.1, 0.15) is 0 Å². The maximum Gasteiger partial charge on any atom is 0.373 e. The van der Waals surface area contributed by atoms with E-state index in [0.717, 1.165) is 0 Å². The molecule has 0 unspecified atom stereocenters. The van der Waals surface area contributed by atoms with E-state index in [4.69, 9.17) is 5.11 Å². The molecule has 2 rings (SSSR count). The number of carboxylic acids is 1. The van der Waals surface area contributed by atoms with Crippen molar-refractivity contribution in [3.63, 3.8) is 0 Å². The predicted octanol–water partition coefficient (Wildman–Crippen LogP) is 2.06. The number of para-hydroxylation sites is 1. The lowest BCUT2D eigenvalue weighted by atomic mass is 10.1. The van der Waals surface area contributed by atoms with Gasteiger partial charge in [-0.3, -0.25) is 10.1 Å². The van der Waals surface area contributed by atoms with Gasteiger partial charge in [-0.15, -0.1) is 0 Å². The summed E-state index contributed by atoms with van der Waals surface area (Å²) in [5.41, 5.74) is 0.967. The minimum absolute atomic E-state index is 0.124. The van der Waals surface area contributed by atoms with Crippen LogP contribution in [-0.2, 0) is 0 Å². The number of hydrogen-bond donors (Lipinski definition) is 1. The summed E-state index contributed by atoms with van der Waals surface area (Å²) in [5, 5.41) is 19.8. The zero-order chi connectivity index (χ0) is 14.0. The Balaban J connectivity index is 2.68. The Bertz CT molecular complexity index is 670. The number of aromatic nitrogens is 2. The van der Waals surface area contributed by atoms with Crippen molar-refractivity contribution in [2.24, 2.45) is 0 Å². The third-order valence-electron chi connectivity index (χ3n) is 2.52. The lowest BCUT2D eigenvalue weighted by molar-refractivity contribution is -0.384. The van der Waals surface area contributed by atoms with Crippen LogP contribution in [0.3, 0.4) is 0 Å². The van der Waals surface area contributed by atoms with Crippen molar-refractivity contribution in [2.75, 3.05) is 0 Å². The van der Waals surface area contributed by atoms with E-state index in [-0.39, 0.29) is 16.9 Å². The van der Waals surface area contributed by atoms with Gasteiger partial charge in [-0.2, -0.15) is 0 Å². The summed E-state index contributed by atoms with van der Waals surface area (Å²) in [5.74, 6) is -1.67. The molecule has 0 spiro atoms. The van der Waals surface area contributed by atoms with Crippen LogP contribution in [0.25, 0.3) is 11.3 Å². The van der Waals surface area contributed by atoms with Crippen LogP contribution in [0.1, 0.15) is 16.2 Å². The zero-order valence-corrected chi connectivity index (χ0v) is 9.90. The van der Waals surface area contributed by atoms with E-state index in [1.807, 2.05) is 0 Å². The van der Waals surface area contributed by atoms with Crippen molar-refractivity contribution >= 4 is 11.7 Å². The van der Waals surface area contributed by atoms with Crippen LogP contribution in [0.4, 0.5) is 5.69 Å². The summed E-state index contributed by atoms with van der Waals surface area (Å²) >= 11 is 0. The second-order valence-corrected chi connectivity index (χ2v) is 3.80. The SMILES string of the molecule is Cc1cnc(C(=O)O)nc1-c1ccccc1[N+](=O)[O-]. The average molecular weight is 259 g/mol. The number of nitro benzene ring substituents is 1. The van der Waals surface area contributed by atoms with Gasteiger partial charge < -0.3 is 5.11 Å². The Labute approximate surface area is 107 Å². The molecule has 1 aromatic carbocycles. The van der Waals surface area contributed by atoms with Gasteiger partial charge in [-0.05, 0) is 18.6 Å². The molecular weight excluding hydrogens is 250 g/mol. The molecule has 0 fully saturated rings. The summed E-state index contributed by atoms with van der Waals surface area (Å²) in [7, 11) is 0. The number of benzene rings is 1. The molecule has 0 radical (unpaired) electrons. The number of carbonyl (C=O) groups is 1. The maximum absolute atomic E-state index is 11.0. The van der Waals surface area contributed by atoms with Gasteiger partial charge in [0.25, 0.3) is 5.69 Å². The highest BCUT2D eigenvalue weighted by Gasteiger charge is 2.19. The van der Waals surface area contributed by atoms with Crippen LogP contribution < -0.4 is 0 Å². The second kappa shape index (κ2) is 4.81. The van der Waals surface area contributed by atoms with Crippen LogP contribution >= 0.6 is 0 Å². The number of nitrogens with zero attached hydrogens (tertiary/aromatic N) is 3. The molecule has 1 heterocycles. The largest absolute Gasteiger partial charge is 0.475 e. The van der Waals surface area contributed by atoms with E-state index < -0.39 is 16.7 Å². The number of nitro groups is 1. The number of carboxylic acid groups (broad SMARTS) is 1. The summed E-state index contributed by atoms with van der Waals surface area (Å²) in [6.07, 6.45) is 1.34. The lowest BCUT2D eigenvalue weighted by Gasteiger charge is -2.06. The predicted molar refractivity (Wildman–Crippen MR) is 65.8 cm³/mol. The first-order chi connectivity index (χ1) is 9.00. The van der Waals surface area contributed by atoms with E-state index in [9.17, 15) is 14.9 Å². The summed E-state index contributed by atoms with van der Waals surface area (Å²) < 4.78 is 0. The topological polar surface area (TPSA) is 106 Å². The Morgan fingerprint density at radius 1 is 1.37 bits per heavy atom. The lowest BCUT2D eigenvalue weighted by Crippen LogP contribution is -2.06. The van der Waals surface area contributed by atoms with Crippen LogP contribution in [0.5, 0.6) is 0 Å². The molecule has 0 aliphatic carbocycles.